The Morgan fingerprint density at radius 2 is 1.05 bits per heavy atom. The first-order valence-electron chi connectivity index (χ1n) is 16.4. The van der Waals surface area contributed by atoms with Gasteiger partial charge in [-0.2, -0.15) is 8.42 Å². The third-order valence-electron chi connectivity index (χ3n) is 7.46. The molecule has 0 aromatic heterocycles. The lowest BCUT2D eigenvalue weighted by Gasteiger charge is -2.21. The van der Waals surface area contributed by atoms with E-state index >= 15 is 0 Å². The Bertz CT molecular complexity index is 680. The average Bonchev–Trinajstić information content (AvgIpc) is 2.88. The summed E-state index contributed by atoms with van der Waals surface area (Å²) in [5, 5.41) is 13.1. The standard InChI is InChI=1S/C32H63NO5S/c1-3-5-7-9-11-13-15-16-17-18-19-21-23-25-27-31(34)30(29-39(36,37)38)33-32(35)28-26-24-22-20-14-12-10-8-6-4-2/h25,27,30-31,34H,3-24,26,28-29H2,1-2H3,(H,33,35)(H,36,37,38)/b27-25+. The number of allylic oxidation sites excluding steroid dienone is 1. The van der Waals surface area contributed by atoms with Crippen LogP contribution < -0.4 is 5.32 Å². The smallest absolute Gasteiger partial charge is 0.267 e. The second-order valence-electron chi connectivity index (χ2n) is 11.5. The summed E-state index contributed by atoms with van der Waals surface area (Å²) in [5.41, 5.74) is 0. The number of amides is 1. The maximum Gasteiger partial charge on any atom is 0.267 e. The van der Waals surface area contributed by atoms with E-state index in [-0.39, 0.29) is 5.91 Å². The van der Waals surface area contributed by atoms with Gasteiger partial charge >= 0.3 is 0 Å². The summed E-state index contributed by atoms with van der Waals surface area (Å²) >= 11 is 0. The molecule has 0 heterocycles. The first kappa shape index (κ1) is 38.1. The highest BCUT2D eigenvalue weighted by molar-refractivity contribution is 7.85. The van der Waals surface area contributed by atoms with E-state index in [1.54, 1.807) is 6.08 Å². The number of aliphatic hydroxyl groups excluding tert-OH is 1. The van der Waals surface area contributed by atoms with Crippen molar-refractivity contribution in [3.63, 3.8) is 0 Å². The molecule has 1 amide bonds. The van der Waals surface area contributed by atoms with Gasteiger partial charge in [0.2, 0.25) is 5.91 Å². The maximum atomic E-state index is 12.4. The Morgan fingerprint density at radius 3 is 1.46 bits per heavy atom. The average molecular weight is 574 g/mol. The molecular formula is C32H63NO5S. The zero-order valence-corrected chi connectivity index (χ0v) is 26.3. The third-order valence-corrected chi connectivity index (χ3v) is 8.24. The second-order valence-corrected chi connectivity index (χ2v) is 12.9. The molecule has 0 saturated heterocycles. The molecule has 0 spiro atoms. The van der Waals surface area contributed by atoms with E-state index in [4.69, 9.17) is 0 Å². The summed E-state index contributed by atoms with van der Waals surface area (Å²) in [4.78, 5) is 12.4. The predicted molar refractivity (Wildman–Crippen MR) is 166 cm³/mol. The summed E-state index contributed by atoms with van der Waals surface area (Å²) in [6, 6.07) is -1.05. The molecule has 39 heavy (non-hydrogen) atoms. The number of hydrogen-bond acceptors (Lipinski definition) is 4. The molecule has 0 rings (SSSR count). The normalized spacial score (nSPS) is 13.6. The molecule has 0 radical (unpaired) electrons. The molecule has 2 unspecified atom stereocenters. The summed E-state index contributed by atoms with van der Waals surface area (Å²) in [7, 11) is -4.33. The minimum atomic E-state index is -4.33. The molecule has 0 aliphatic heterocycles. The van der Waals surface area contributed by atoms with Gasteiger partial charge in [-0.15, -0.1) is 0 Å². The number of nitrogens with one attached hydrogen (secondary N) is 1. The Balaban J connectivity index is 4.04. The van der Waals surface area contributed by atoms with Crippen LogP contribution in [-0.2, 0) is 14.9 Å². The Hall–Kier alpha value is -0.920. The topological polar surface area (TPSA) is 104 Å². The lowest BCUT2D eigenvalue weighted by molar-refractivity contribution is -0.122. The molecule has 3 N–H and O–H groups in total. The number of carbonyl (C=O) groups excluding carboxylic acids is 1. The van der Waals surface area contributed by atoms with E-state index in [1.165, 1.54) is 109 Å². The van der Waals surface area contributed by atoms with Crippen LogP contribution in [0.2, 0.25) is 0 Å². The molecule has 0 saturated carbocycles. The molecule has 2 atom stereocenters. The zero-order valence-electron chi connectivity index (χ0n) is 25.5. The van der Waals surface area contributed by atoms with Crippen molar-refractivity contribution >= 4 is 16.0 Å². The van der Waals surface area contributed by atoms with Crippen molar-refractivity contribution in [2.24, 2.45) is 0 Å². The molecule has 0 bridgehead atoms. The van der Waals surface area contributed by atoms with Gasteiger partial charge in [0, 0.05) is 6.42 Å². The molecule has 0 aromatic rings. The summed E-state index contributed by atoms with van der Waals surface area (Å²) in [6.45, 7) is 4.47. The molecule has 0 aliphatic rings. The van der Waals surface area contributed by atoms with Gasteiger partial charge < -0.3 is 10.4 Å². The second kappa shape index (κ2) is 27.3. The van der Waals surface area contributed by atoms with Gasteiger partial charge in [-0.05, 0) is 19.3 Å². The summed E-state index contributed by atoms with van der Waals surface area (Å²) < 4.78 is 32.2. The van der Waals surface area contributed by atoms with Gasteiger partial charge in [-0.3, -0.25) is 9.35 Å². The van der Waals surface area contributed by atoms with Crippen LogP contribution in [0.15, 0.2) is 12.2 Å². The van der Waals surface area contributed by atoms with Crippen LogP contribution in [0.1, 0.15) is 168 Å². The SMILES string of the molecule is CCCCCCCCCCCCCC/C=C/C(O)C(CS(=O)(=O)O)NC(=O)CCCCCCCCCCCC. The van der Waals surface area contributed by atoms with E-state index in [2.05, 4.69) is 19.2 Å². The summed E-state index contributed by atoms with van der Waals surface area (Å²) in [6.07, 6.45) is 30.5. The van der Waals surface area contributed by atoms with Gasteiger partial charge in [0.15, 0.2) is 0 Å². The predicted octanol–water partition coefficient (Wildman–Crippen LogP) is 8.68. The van der Waals surface area contributed by atoms with Gasteiger partial charge in [-0.25, -0.2) is 0 Å². The van der Waals surface area contributed by atoms with Crippen LogP contribution >= 0.6 is 0 Å². The first-order valence-corrected chi connectivity index (χ1v) is 18.0. The van der Waals surface area contributed by atoms with Gasteiger partial charge in [-0.1, -0.05) is 154 Å². The van der Waals surface area contributed by atoms with E-state index in [1.807, 2.05) is 6.08 Å². The van der Waals surface area contributed by atoms with Crippen molar-refractivity contribution in [1.82, 2.24) is 5.32 Å². The quantitative estimate of drug-likeness (QED) is 0.0472. The van der Waals surface area contributed by atoms with Crippen LogP contribution in [0.5, 0.6) is 0 Å². The Morgan fingerprint density at radius 1 is 0.667 bits per heavy atom. The van der Waals surface area contributed by atoms with Gasteiger partial charge in [0.05, 0.1) is 17.9 Å². The van der Waals surface area contributed by atoms with Gasteiger partial charge in [0.1, 0.15) is 0 Å². The number of aliphatic hydroxyl groups is 1. The van der Waals surface area contributed by atoms with Crippen molar-refractivity contribution in [3.05, 3.63) is 12.2 Å². The monoisotopic (exact) mass is 573 g/mol. The van der Waals surface area contributed by atoms with Crippen LogP contribution in [0.3, 0.4) is 0 Å². The van der Waals surface area contributed by atoms with Crippen LogP contribution in [0, 0.1) is 0 Å². The van der Waals surface area contributed by atoms with Crippen molar-refractivity contribution in [2.45, 2.75) is 180 Å². The zero-order chi connectivity index (χ0) is 29.0. The largest absolute Gasteiger partial charge is 0.387 e. The maximum absolute atomic E-state index is 12.4. The van der Waals surface area contributed by atoms with Crippen LogP contribution in [0.4, 0.5) is 0 Å². The molecule has 6 nitrogen and oxygen atoms in total. The van der Waals surface area contributed by atoms with Crippen molar-refractivity contribution < 1.29 is 22.9 Å². The minimum Gasteiger partial charge on any atom is -0.387 e. The van der Waals surface area contributed by atoms with Crippen molar-refractivity contribution in [3.8, 4) is 0 Å². The lowest BCUT2D eigenvalue weighted by Crippen LogP contribution is -2.46. The number of unbranched alkanes of at least 4 members (excludes halogenated alkanes) is 21. The minimum absolute atomic E-state index is 0.281. The Kier molecular flexibility index (Phi) is 26.6. The molecule has 232 valence electrons. The van der Waals surface area contributed by atoms with Crippen molar-refractivity contribution in [1.29, 1.82) is 0 Å². The number of rotatable bonds is 29. The first-order chi connectivity index (χ1) is 18.8. The fourth-order valence-corrected chi connectivity index (χ4v) is 5.71. The summed E-state index contributed by atoms with van der Waals surface area (Å²) in [5.74, 6) is -0.974. The number of hydrogen-bond donors (Lipinski definition) is 3. The van der Waals surface area contributed by atoms with E-state index in [0.717, 1.165) is 38.5 Å². The molecular weight excluding hydrogens is 510 g/mol. The Labute approximate surface area is 241 Å². The fourth-order valence-electron chi connectivity index (χ4n) is 4.98. The molecule has 0 aliphatic carbocycles. The molecule has 0 aromatic carbocycles. The number of carbonyl (C=O) groups is 1. The molecule has 0 fully saturated rings. The van der Waals surface area contributed by atoms with Gasteiger partial charge in [0.25, 0.3) is 10.1 Å². The van der Waals surface area contributed by atoms with E-state index in [0.29, 0.717) is 6.42 Å². The van der Waals surface area contributed by atoms with E-state index < -0.39 is 28.0 Å². The fraction of sp³-hybridized carbons (Fsp3) is 0.906. The van der Waals surface area contributed by atoms with E-state index in [9.17, 15) is 22.9 Å². The highest BCUT2D eigenvalue weighted by Gasteiger charge is 2.24. The highest BCUT2D eigenvalue weighted by atomic mass is 32.2. The van der Waals surface area contributed by atoms with Crippen LogP contribution in [-0.4, -0.2) is 41.9 Å². The highest BCUT2D eigenvalue weighted by Crippen LogP contribution is 2.14. The van der Waals surface area contributed by atoms with Crippen LogP contribution in [0.25, 0.3) is 0 Å². The lowest BCUT2D eigenvalue weighted by atomic mass is 10.0. The molecule has 7 heteroatoms. The van der Waals surface area contributed by atoms with Crippen molar-refractivity contribution in [2.75, 3.05) is 5.75 Å². The third kappa shape index (κ3) is 28.4.